The Labute approximate surface area is 251 Å². The molecule has 44 heavy (non-hydrogen) atoms. The van der Waals surface area contributed by atoms with E-state index in [1.54, 1.807) is 25.2 Å². The lowest BCUT2D eigenvalue weighted by atomic mass is 10.1. The van der Waals surface area contributed by atoms with E-state index >= 15 is 0 Å². The van der Waals surface area contributed by atoms with Crippen molar-refractivity contribution < 1.29 is 27.4 Å². The lowest BCUT2D eigenvalue weighted by Gasteiger charge is -2.28. The molecule has 4 aromatic rings. The predicted octanol–water partition coefficient (Wildman–Crippen LogP) is 6.21. The first-order valence-electron chi connectivity index (χ1n) is 14.3. The van der Waals surface area contributed by atoms with Crippen LogP contribution in [0.15, 0.2) is 41.2 Å². The Balaban J connectivity index is 1.51. The number of fused-ring (bicyclic) bond motifs is 1. The summed E-state index contributed by atoms with van der Waals surface area (Å²) in [4.78, 5) is 38.1. The molecule has 13 heteroatoms. The third kappa shape index (κ3) is 5.59. The van der Waals surface area contributed by atoms with Crippen LogP contribution < -0.4 is 19.9 Å². The zero-order valence-corrected chi connectivity index (χ0v) is 24.7. The molecule has 5 rings (SSSR count). The molecule has 2 aromatic carbocycles. The van der Waals surface area contributed by atoms with Crippen molar-refractivity contribution in [1.29, 1.82) is 0 Å². The maximum absolute atomic E-state index is 13.7. The van der Waals surface area contributed by atoms with Crippen molar-refractivity contribution in [2.75, 3.05) is 11.5 Å². The van der Waals surface area contributed by atoms with Gasteiger partial charge in [0.1, 0.15) is 28.9 Å². The van der Waals surface area contributed by atoms with Gasteiger partial charge < -0.3 is 19.4 Å². The molecule has 0 saturated carbocycles. The van der Waals surface area contributed by atoms with Crippen LogP contribution in [0.25, 0.3) is 27.3 Å². The van der Waals surface area contributed by atoms with Gasteiger partial charge in [0, 0.05) is 12.7 Å². The number of aromatic nitrogens is 4. The molecule has 2 unspecified atom stereocenters. The van der Waals surface area contributed by atoms with E-state index in [0.717, 1.165) is 18.6 Å². The number of amides is 1. The highest BCUT2D eigenvalue weighted by Crippen LogP contribution is 2.41. The lowest BCUT2D eigenvalue weighted by molar-refractivity contribution is -0.136. The third-order valence-corrected chi connectivity index (χ3v) is 7.55. The Morgan fingerprint density at radius 1 is 1.14 bits per heavy atom. The number of halogens is 3. The van der Waals surface area contributed by atoms with Gasteiger partial charge in [-0.1, -0.05) is 26.3 Å². The van der Waals surface area contributed by atoms with Gasteiger partial charge in [0.15, 0.2) is 11.2 Å². The molecular formula is C31H31F3N6O4. The zero-order chi connectivity index (χ0) is 31.8. The van der Waals surface area contributed by atoms with E-state index in [9.17, 15) is 22.8 Å². The second kappa shape index (κ2) is 12.0. The molecule has 10 nitrogen and oxygen atoms in total. The minimum absolute atomic E-state index is 0.0505. The van der Waals surface area contributed by atoms with Crippen LogP contribution in [-0.4, -0.2) is 44.4 Å². The normalized spacial score (nSPS) is 16.9. The van der Waals surface area contributed by atoms with Crippen molar-refractivity contribution >= 4 is 28.3 Å². The molecule has 1 aliphatic heterocycles. The number of carbonyl (C=O) groups is 1. The number of carbonyl (C=O) groups excluding carboxylic acids is 1. The number of nitrogens with zero attached hydrogens (tertiary/aromatic N) is 5. The number of benzene rings is 2. The average Bonchev–Trinajstić information content (AvgIpc) is 3.48. The van der Waals surface area contributed by atoms with Crippen molar-refractivity contribution in [2.24, 2.45) is 7.05 Å². The van der Waals surface area contributed by atoms with E-state index in [1.807, 2.05) is 20.8 Å². The number of alkyl halides is 3. The maximum atomic E-state index is 13.7. The largest absolute Gasteiger partial charge is 0.493 e. The number of anilines is 1. The summed E-state index contributed by atoms with van der Waals surface area (Å²) < 4.78 is 54.6. The van der Waals surface area contributed by atoms with Gasteiger partial charge >= 0.3 is 6.18 Å². The van der Waals surface area contributed by atoms with Crippen molar-refractivity contribution in [3.63, 3.8) is 0 Å². The first-order valence-corrected chi connectivity index (χ1v) is 14.3. The fourth-order valence-corrected chi connectivity index (χ4v) is 5.66. The van der Waals surface area contributed by atoms with Gasteiger partial charge in [-0.2, -0.15) is 18.3 Å². The molecule has 2 aromatic heterocycles. The monoisotopic (exact) mass is 608 g/mol. The van der Waals surface area contributed by atoms with Crippen molar-refractivity contribution in [2.45, 2.75) is 64.8 Å². The molecule has 0 aliphatic carbocycles. The number of H-pyrrole nitrogens is 1. The number of ether oxygens (including phenoxy) is 2. The van der Waals surface area contributed by atoms with Crippen molar-refractivity contribution in [1.82, 2.24) is 19.7 Å². The number of hydrogen-bond acceptors (Lipinski definition) is 6. The van der Waals surface area contributed by atoms with Crippen LogP contribution >= 0.6 is 0 Å². The lowest BCUT2D eigenvalue weighted by Crippen LogP contribution is -2.38. The number of hydrogen-bond donors (Lipinski definition) is 1. The van der Waals surface area contributed by atoms with Gasteiger partial charge in [0.2, 0.25) is 5.91 Å². The topological polar surface area (TPSA) is 107 Å². The van der Waals surface area contributed by atoms with Crippen LogP contribution in [0.2, 0.25) is 0 Å². The summed E-state index contributed by atoms with van der Waals surface area (Å²) in [5.74, 6) is 0.688. The first-order chi connectivity index (χ1) is 21.0. The van der Waals surface area contributed by atoms with Gasteiger partial charge in [-0.25, -0.2) is 9.83 Å². The van der Waals surface area contributed by atoms with Crippen LogP contribution in [0.5, 0.6) is 11.5 Å². The molecule has 0 radical (unpaired) electrons. The summed E-state index contributed by atoms with van der Waals surface area (Å²) in [6, 6.07) is 7.72. The molecule has 2 atom stereocenters. The quantitative estimate of drug-likeness (QED) is 0.227. The van der Waals surface area contributed by atoms with Crippen LogP contribution in [-0.2, 0) is 24.4 Å². The molecule has 1 aliphatic rings. The molecule has 3 heterocycles. The van der Waals surface area contributed by atoms with Gasteiger partial charge in [0.25, 0.3) is 5.56 Å². The smallest absolute Gasteiger partial charge is 0.407 e. The first kappa shape index (κ1) is 30.6. The minimum atomic E-state index is -4.75. The fourth-order valence-electron chi connectivity index (χ4n) is 5.66. The molecule has 230 valence electrons. The van der Waals surface area contributed by atoms with Gasteiger partial charge in [-0.05, 0) is 50.1 Å². The van der Waals surface area contributed by atoms with E-state index in [4.69, 9.17) is 21.0 Å². The highest BCUT2D eigenvalue weighted by atomic mass is 19.4. The Morgan fingerprint density at radius 3 is 2.57 bits per heavy atom. The Bertz CT molecular complexity index is 1820. The fraction of sp³-hybridized carbons (Fsp3) is 0.387. The zero-order valence-electron chi connectivity index (χ0n) is 24.7. The summed E-state index contributed by atoms with van der Waals surface area (Å²) in [7, 11) is 1.69. The highest BCUT2D eigenvalue weighted by molar-refractivity contribution is 5.97. The highest BCUT2D eigenvalue weighted by Gasteiger charge is 2.42. The van der Waals surface area contributed by atoms with Crippen LogP contribution in [0, 0.1) is 6.57 Å². The molecule has 0 spiro atoms. The van der Waals surface area contributed by atoms with Crippen molar-refractivity contribution in [3.05, 3.63) is 69.4 Å². The van der Waals surface area contributed by atoms with Gasteiger partial charge in [-0.3, -0.25) is 14.3 Å². The van der Waals surface area contributed by atoms with E-state index in [-0.39, 0.29) is 23.5 Å². The minimum Gasteiger partial charge on any atom is -0.493 e. The summed E-state index contributed by atoms with van der Waals surface area (Å²) >= 11 is 0. The number of aromatic amines is 1. The average molecular weight is 609 g/mol. The van der Waals surface area contributed by atoms with E-state index in [1.165, 1.54) is 15.6 Å². The third-order valence-electron chi connectivity index (χ3n) is 7.55. The maximum Gasteiger partial charge on any atom is 0.407 e. The number of rotatable bonds is 9. The van der Waals surface area contributed by atoms with Crippen LogP contribution in [0.1, 0.15) is 51.3 Å². The summed E-state index contributed by atoms with van der Waals surface area (Å²) in [6.45, 7) is 13.1. The molecule has 1 fully saturated rings. The Hall–Kier alpha value is -4.86. The summed E-state index contributed by atoms with van der Waals surface area (Å²) in [6.07, 6.45) is -3.63. The molecule has 1 amide bonds. The second-order valence-corrected chi connectivity index (χ2v) is 10.4. The van der Waals surface area contributed by atoms with E-state index in [0.29, 0.717) is 53.2 Å². The van der Waals surface area contributed by atoms with E-state index < -0.39 is 35.5 Å². The molecular weight excluding hydrogens is 577 g/mol. The molecule has 1 saturated heterocycles. The van der Waals surface area contributed by atoms with Crippen LogP contribution in [0.3, 0.4) is 0 Å². The Morgan fingerprint density at radius 2 is 1.91 bits per heavy atom. The Kier molecular flexibility index (Phi) is 8.36. The second-order valence-electron chi connectivity index (χ2n) is 10.4. The summed E-state index contributed by atoms with van der Waals surface area (Å²) in [5, 5.41) is 4.47. The number of aryl methyl sites for hydroxylation is 2. The molecule has 0 bridgehead atoms. The standard InChI is InChI=1S/C31H31F3N6O4/c1-6-9-22-27-28(39(5)38-22)30(42)37-29(36-27)19-15-18(11-13-24(19)43-8-3)44-25-16-26(41)40(23(25)7-2)17-10-12-21(35-4)20(14-17)31(32,33)34/h10-15,23,25H,6-9,16H2,1-3,5H3,(H,36,37,42). The summed E-state index contributed by atoms with van der Waals surface area (Å²) in [5.41, 5.74) is 0.0835. The van der Waals surface area contributed by atoms with Gasteiger partial charge in [0.05, 0.1) is 42.5 Å². The predicted molar refractivity (Wildman–Crippen MR) is 158 cm³/mol. The SMILES string of the molecule is [C-]#[N+]c1ccc(N2C(=O)CC(Oc3ccc(OCC)c(-c4nc5c(CCC)nn(C)c5c(=O)[nH]4)c3)C2CC)cc1C(F)(F)F. The van der Waals surface area contributed by atoms with Crippen LogP contribution in [0.4, 0.5) is 24.5 Å². The number of nitrogens with one attached hydrogen (secondary N) is 1. The molecule has 1 N–H and O–H groups in total. The van der Waals surface area contributed by atoms with Crippen molar-refractivity contribution in [3.8, 4) is 22.9 Å². The van der Waals surface area contributed by atoms with Gasteiger partial charge in [-0.15, -0.1) is 0 Å². The van der Waals surface area contributed by atoms with E-state index in [2.05, 4.69) is 14.9 Å².